The van der Waals surface area contributed by atoms with E-state index < -0.39 is 17.8 Å². The van der Waals surface area contributed by atoms with Crippen molar-refractivity contribution in [2.75, 3.05) is 4.90 Å². The van der Waals surface area contributed by atoms with E-state index in [0.29, 0.717) is 18.5 Å². The van der Waals surface area contributed by atoms with Gasteiger partial charge in [-0.2, -0.15) is 0 Å². The fraction of sp³-hybridized carbons (Fsp3) is 0.156. The maximum Gasteiger partial charge on any atom is 0.335 e. The number of nitrogens with one attached hydrogen (secondary N) is 1. The number of rotatable bonds is 5. The van der Waals surface area contributed by atoms with Crippen LogP contribution in [-0.2, 0) is 22.4 Å². The minimum Gasteiger partial charge on any atom is -0.273 e. The highest BCUT2D eigenvalue weighted by molar-refractivity contribution is 6.39. The lowest BCUT2D eigenvalue weighted by Crippen LogP contribution is -2.54. The molecule has 0 aliphatic carbocycles. The van der Waals surface area contributed by atoms with E-state index >= 15 is 0 Å². The largest absolute Gasteiger partial charge is 0.335 e. The molecule has 1 heterocycles. The summed E-state index contributed by atoms with van der Waals surface area (Å²) in [7, 11) is 0. The van der Waals surface area contributed by atoms with Crippen LogP contribution in [0.2, 0.25) is 0 Å². The first-order valence-electron chi connectivity index (χ1n) is 12.4. The van der Waals surface area contributed by atoms with Crippen LogP contribution in [0, 0.1) is 13.8 Å². The van der Waals surface area contributed by atoms with E-state index in [9.17, 15) is 14.4 Å². The van der Waals surface area contributed by atoms with Gasteiger partial charge in [0.25, 0.3) is 11.8 Å². The fourth-order valence-electron chi connectivity index (χ4n) is 5.10. The van der Waals surface area contributed by atoms with Gasteiger partial charge in [-0.05, 0) is 71.9 Å². The normalized spacial score (nSPS) is 14.9. The Morgan fingerprint density at radius 1 is 0.811 bits per heavy atom. The molecule has 184 valence electrons. The molecule has 1 aliphatic heterocycles. The van der Waals surface area contributed by atoms with E-state index in [-0.39, 0.29) is 5.57 Å². The number of para-hydroxylation sites is 1. The Kier molecular flexibility index (Phi) is 6.45. The first-order valence-corrected chi connectivity index (χ1v) is 12.4. The number of hydrogen-bond acceptors (Lipinski definition) is 3. The topological polar surface area (TPSA) is 66.5 Å². The molecule has 0 aromatic heterocycles. The van der Waals surface area contributed by atoms with Crippen molar-refractivity contribution >= 4 is 40.4 Å². The highest BCUT2D eigenvalue weighted by Crippen LogP contribution is 2.30. The van der Waals surface area contributed by atoms with Gasteiger partial charge >= 0.3 is 6.03 Å². The van der Waals surface area contributed by atoms with E-state index in [1.54, 1.807) is 18.2 Å². The lowest BCUT2D eigenvalue weighted by Gasteiger charge is -2.28. The van der Waals surface area contributed by atoms with Crippen LogP contribution in [0.3, 0.4) is 0 Å². The minimum absolute atomic E-state index is 0.0662. The van der Waals surface area contributed by atoms with Gasteiger partial charge in [0.1, 0.15) is 5.57 Å². The van der Waals surface area contributed by atoms with Gasteiger partial charge in [0.05, 0.1) is 5.69 Å². The number of urea groups is 1. The number of carbonyl (C=O) groups is 3. The number of barbiturate groups is 1. The summed E-state index contributed by atoms with van der Waals surface area (Å²) in [5.74, 6) is -1.31. The Bertz CT molecular complexity index is 1580. The summed E-state index contributed by atoms with van der Waals surface area (Å²) in [6.45, 7) is 6.11. The van der Waals surface area contributed by atoms with Crippen LogP contribution in [0.4, 0.5) is 10.5 Å². The van der Waals surface area contributed by atoms with Crippen molar-refractivity contribution in [1.82, 2.24) is 5.32 Å². The third-order valence-electron chi connectivity index (χ3n) is 6.74. The maximum atomic E-state index is 13.7. The van der Waals surface area contributed by atoms with Gasteiger partial charge in [-0.25, -0.2) is 9.69 Å². The van der Waals surface area contributed by atoms with E-state index in [0.717, 1.165) is 37.9 Å². The summed E-state index contributed by atoms with van der Waals surface area (Å²) in [4.78, 5) is 40.6. The zero-order valence-corrected chi connectivity index (χ0v) is 21.2. The van der Waals surface area contributed by atoms with Crippen molar-refractivity contribution in [3.8, 4) is 0 Å². The molecule has 5 heteroatoms. The molecule has 0 unspecified atom stereocenters. The SMILES string of the molecule is CCc1ccccc1N1C(=O)NC(=O)/C(=C/c2c(Cc3cc(C)cc(C)c3)ccc3ccccc23)C1=O. The van der Waals surface area contributed by atoms with Gasteiger partial charge in [-0.1, -0.05) is 90.8 Å². The van der Waals surface area contributed by atoms with Gasteiger partial charge in [-0.3, -0.25) is 14.9 Å². The summed E-state index contributed by atoms with van der Waals surface area (Å²) < 4.78 is 0. The van der Waals surface area contributed by atoms with Gasteiger partial charge in [0, 0.05) is 0 Å². The molecule has 1 saturated heterocycles. The number of benzene rings is 4. The molecule has 4 amide bonds. The van der Waals surface area contributed by atoms with E-state index in [2.05, 4.69) is 43.4 Å². The Morgan fingerprint density at radius 2 is 1.51 bits per heavy atom. The van der Waals surface area contributed by atoms with Crippen LogP contribution in [0.5, 0.6) is 0 Å². The molecule has 4 aromatic rings. The van der Waals surface area contributed by atoms with E-state index in [1.165, 1.54) is 11.1 Å². The number of imide groups is 2. The number of amides is 4. The van der Waals surface area contributed by atoms with Gasteiger partial charge < -0.3 is 0 Å². The predicted octanol–water partition coefficient (Wildman–Crippen LogP) is 6.28. The minimum atomic E-state index is -0.735. The fourth-order valence-corrected chi connectivity index (χ4v) is 5.10. The van der Waals surface area contributed by atoms with Crippen molar-refractivity contribution in [2.24, 2.45) is 0 Å². The van der Waals surface area contributed by atoms with Crippen LogP contribution in [0.25, 0.3) is 16.8 Å². The van der Waals surface area contributed by atoms with Crippen molar-refractivity contribution in [3.63, 3.8) is 0 Å². The number of carbonyl (C=O) groups excluding carboxylic acids is 3. The standard InChI is InChI=1S/C32H28N2O3/c1-4-23-9-6-8-12-29(23)34-31(36)28(30(35)33-32(34)37)19-27-25(14-13-24-10-5-7-11-26(24)27)18-22-16-20(2)15-21(3)17-22/h5-17,19H,4,18H2,1-3H3,(H,33,35,37)/b28-19-. The molecule has 0 spiro atoms. The summed E-state index contributed by atoms with van der Waals surface area (Å²) in [6, 6.07) is 25.0. The van der Waals surface area contributed by atoms with Gasteiger partial charge in [0.2, 0.25) is 0 Å². The Morgan fingerprint density at radius 3 is 2.27 bits per heavy atom. The molecule has 0 saturated carbocycles. The van der Waals surface area contributed by atoms with Crippen LogP contribution < -0.4 is 10.2 Å². The third-order valence-corrected chi connectivity index (χ3v) is 6.74. The van der Waals surface area contributed by atoms with Crippen LogP contribution >= 0.6 is 0 Å². The molecule has 1 N–H and O–H groups in total. The number of aryl methyl sites for hydroxylation is 3. The third kappa shape index (κ3) is 4.68. The monoisotopic (exact) mass is 488 g/mol. The highest BCUT2D eigenvalue weighted by atomic mass is 16.2. The van der Waals surface area contributed by atoms with Crippen molar-refractivity contribution in [2.45, 2.75) is 33.6 Å². The zero-order chi connectivity index (χ0) is 26.1. The molecule has 1 aliphatic rings. The summed E-state index contributed by atoms with van der Waals surface area (Å²) in [6.07, 6.45) is 2.93. The molecule has 0 bridgehead atoms. The van der Waals surface area contributed by atoms with Gasteiger partial charge in [-0.15, -0.1) is 0 Å². The Hall–Kier alpha value is -4.51. The van der Waals surface area contributed by atoms with E-state index in [4.69, 9.17) is 0 Å². The molecule has 0 radical (unpaired) electrons. The lowest BCUT2D eigenvalue weighted by molar-refractivity contribution is -0.122. The molecular weight excluding hydrogens is 460 g/mol. The summed E-state index contributed by atoms with van der Waals surface area (Å²) in [5.41, 5.74) is 6.58. The van der Waals surface area contributed by atoms with Crippen LogP contribution in [0.1, 0.15) is 40.3 Å². The molecule has 5 nitrogen and oxygen atoms in total. The Labute approximate surface area is 216 Å². The second kappa shape index (κ2) is 9.86. The number of hydrogen-bond donors (Lipinski definition) is 1. The lowest BCUT2D eigenvalue weighted by atomic mass is 9.91. The van der Waals surface area contributed by atoms with E-state index in [1.807, 2.05) is 49.4 Å². The quantitative estimate of drug-likeness (QED) is 0.266. The van der Waals surface area contributed by atoms with Crippen molar-refractivity contribution in [1.29, 1.82) is 0 Å². The van der Waals surface area contributed by atoms with Crippen LogP contribution in [0.15, 0.2) is 84.4 Å². The zero-order valence-electron chi connectivity index (χ0n) is 21.2. The number of anilines is 1. The average Bonchev–Trinajstić information content (AvgIpc) is 2.87. The predicted molar refractivity (Wildman–Crippen MR) is 147 cm³/mol. The summed E-state index contributed by atoms with van der Waals surface area (Å²) in [5, 5.41) is 4.32. The van der Waals surface area contributed by atoms with Gasteiger partial charge in [0.15, 0.2) is 0 Å². The first-order chi connectivity index (χ1) is 17.9. The van der Waals surface area contributed by atoms with Crippen molar-refractivity contribution < 1.29 is 14.4 Å². The van der Waals surface area contributed by atoms with Crippen molar-refractivity contribution in [3.05, 3.63) is 118 Å². The van der Waals surface area contributed by atoms with Crippen LogP contribution in [-0.4, -0.2) is 17.8 Å². The Balaban J connectivity index is 1.66. The second-order valence-corrected chi connectivity index (χ2v) is 9.47. The summed E-state index contributed by atoms with van der Waals surface area (Å²) >= 11 is 0. The molecule has 1 fully saturated rings. The number of nitrogens with zero attached hydrogens (tertiary/aromatic N) is 1. The average molecular weight is 489 g/mol. The first kappa shape index (κ1) is 24.2. The molecule has 0 atom stereocenters. The molecule has 5 rings (SSSR count). The molecule has 4 aromatic carbocycles. The highest BCUT2D eigenvalue weighted by Gasteiger charge is 2.37. The maximum absolute atomic E-state index is 13.7. The smallest absolute Gasteiger partial charge is 0.273 e. The molecular formula is C32H28N2O3. The second-order valence-electron chi connectivity index (χ2n) is 9.47. The molecule has 37 heavy (non-hydrogen) atoms. The number of fused-ring (bicyclic) bond motifs is 1.